The Bertz CT molecular complexity index is 6700. The fraction of sp³-hybridized carbons (Fsp3) is 0.163. The van der Waals surface area contributed by atoms with Crippen LogP contribution in [0.4, 0.5) is 17.1 Å². The number of carbonyl (C=O) groups is 2. The molecule has 16 nitrogen and oxygen atoms in total. The van der Waals surface area contributed by atoms with E-state index in [2.05, 4.69) is 118 Å². The number of nitrogens with zero attached hydrogens (tertiary/aromatic N) is 12. The van der Waals surface area contributed by atoms with Gasteiger partial charge in [-0.1, -0.05) is 55.4 Å². The highest BCUT2D eigenvalue weighted by molar-refractivity contribution is 7.58. The average Bonchev–Trinajstić information content (AvgIpc) is 1.53. The molecule has 1 aliphatic heterocycles. The molecular formula is C86H46N12O4S8. The average molecular weight is 1570 g/mol. The Hall–Kier alpha value is -12.2. The summed E-state index contributed by atoms with van der Waals surface area (Å²) in [6.45, 7) is 41.8. The molecule has 0 atom stereocenters. The lowest BCUT2D eigenvalue weighted by molar-refractivity contribution is 0.103. The molecule has 6 aliphatic carbocycles. The van der Waals surface area contributed by atoms with Crippen LogP contribution in [-0.4, -0.2) is 34.5 Å². The third kappa shape index (κ3) is 9.08. The molecule has 24 heteroatoms. The number of Topliss-reactive ketones (excluding diaryl/α,β-unsaturated/α-hetero) is 2. The topological polar surface area (TPSA) is 235 Å². The van der Waals surface area contributed by atoms with Crippen molar-refractivity contribution in [3.63, 3.8) is 0 Å². The van der Waals surface area contributed by atoms with Crippen LogP contribution in [0.2, 0.25) is 0 Å². The zero-order valence-corrected chi connectivity index (χ0v) is 66.0. The first-order valence-electron chi connectivity index (χ1n) is 34.2. The van der Waals surface area contributed by atoms with Crippen molar-refractivity contribution in [2.75, 3.05) is 14.2 Å². The molecule has 0 spiro atoms. The Morgan fingerprint density at radius 3 is 1.14 bits per heavy atom. The number of fused-ring (bicyclic) bond motifs is 16. The van der Waals surface area contributed by atoms with Gasteiger partial charge in [-0.15, -0.1) is 68.0 Å². The molecule has 522 valence electrons. The van der Waals surface area contributed by atoms with Gasteiger partial charge < -0.3 is 9.47 Å². The molecule has 0 saturated carbocycles. The minimum atomic E-state index is -0.444. The predicted molar refractivity (Wildman–Crippen MR) is 437 cm³/mol. The van der Waals surface area contributed by atoms with Crippen molar-refractivity contribution < 1.29 is 19.1 Å². The van der Waals surface area contributed by atoms with Crippen LogP contribution in [0, 0.1) is 76.4 Å². The standard InChI is InChI=1S/C86H46N12O4S8/c1-83(2)50-23-46-52(85(5,6)56-28-65(107-79(46)56)81-61(101-12)19-38(103-81)17-48-67(59(33-90)93-10)40-14-35(30-87)36(31-88)15-42(40)75(48)99)21-44(50)77-54(83)26-63(105-77)69-71-73(97-109-95-71)70(74-72(69)96-110-98-74)64-27-55-78(106-64)45-22-53-47(24-51(45)84(55,3)4)80-57(86(53,7)8)29-66(108-80)82-62(102-13)20-39(104-82)18-49-68(60(34-91)94-11)41-25-58(92-9)37(32-89)16-43(41)76(49)100/h14-29H,1-8,12-13H3/b48-17-,49-18-,67-59-,68-60+. The van der Waals surface area contributed by atoms with Crippen LogP contribution in [0.3, 0.4) is 0 Å². The summed E-state index contributed by atoms with van der Waals surface area (Å²) in [5.74, 6) is 0.339. The van der Waals surface area contributed by atoms with Crippen LogP contribution in [0.1, 0.15) is 158 Å². The fourth-order valence-electron chi connectivity index (χ4n) is 17.1. The summed E-state index contributed by atoms with van der Waals surface area (Å²) in [5.41, 5.74) is 19.2. The van der Waals surface area contributed by atoms with Crippen molar-refractivity contribution in [3.05, 3.63) is 235 Å². The third-order valence-electron chi connectivity index (χ3n) is 22.7. The zero-order valence-electron chi connectivity index (χ0n) is 59.5. The smallest absolute Gasteiger partial charge is 0.270 e. The minimum absolute atomic E-state index is 0.0349. The van der Waals surface area contributed by atoms with Crippen molar-refractivity contribution in [1.29, 1.82) is 26.3 Å². The Morgan fingerprint density at radius 2 is 0.782 bits per heavy atom. The van der Waals surface area contributed by atoms with Gasteiger partial charge in [0.05, 0.1) is 102 Å². The first kappa shape index (κ1) is 68.3. The highest BCUT2D eigenvalue weighted by atomic mass is 32.1. The van der Waals surface area contributed by atoms with E-state index in [1.54, 1.807) is 71.7 Å². The summed E-state index contributed by atoms with van der Waals surface area (Å²) < 4.78 is 32.5. The molecule has 0 unspecified atom stereocenters. The van der Waals surface area contributed by atoms with Crippen LogP contribution >= 0.6 is 79.7 Å². The van der Waals surface area contributed by atoms with Gasteiger partial charge in [0.15, 0.2) is 11.6 Å². The van der Waals surface area contributed by atoms with Crippen LogP contribution in [0.25, 0.3) is 131 Å². The second kappa shape index (κ2) is 23.6. The van der Waals surface area contributed by atoms with E-state index >= 15 is 0 Å². The molecule has 19 rings (SSSR count). The second-order valence-corrected chi connectivity index (χ2v) is 37.0. The maximum Gasteiger partial charge on any atom is 0.270 e. The number of allylic oxidation sites excluding steroid dienone is 6. The molecule has 12 aromatic rings. The van der Waals surface area contributed by atoms with Crippen LogP contribution in [-0.2, 0) is 33.0 Å². The lowest BCUT2D eigenvalue weighted by Crippen LogP contribution is -2.16. The van der Waals surface area contributed by atoms with E-state index in [0.29, 0.717) is 21.3 Å². The number of hydrogen-bond donors (Lipinski definition) is 0. The number of thiophene rings is 6. The SMILES string of the molecule is [C-]#[N+]/C(C#N)=C1\C(=C\c2cc(OC)c(-c3cc4c(s3)-c3cc5c(cc3C4(C)C)-c3sc(-c4c6c(c(-c7cc8c(s7)-c7cc9c(cc7C8(C)C)-c7sc(-c8sc(/C=C%10\C(=O)c%11cc(C#N)c([N+]#[C-])cc%11\C%10=C(\C#N)[N+]#[C-])cc8OC)cc7C9(C)C)c7nsnc47)N=S=N6)cc3C5(C)C)s2)C(=O)c2cc(C#N)c(C#N)cc21. The number of rotatable bonds is 8. The lowest BCUT2D eigenvalue weighted by atomic mass is 9.79. The van der Waals surface area contributed by atoms with E-state index in [1.165, 1.54) is 156 Å². The van der Waals surface area contributed by atoms with Gasteiger partial charge in [0.1, 0.15) is 46.0 Å². The van der Waals surface area contributed by atoms with E-state index in [0.717, 1.165) is 62.8 Å². The lowest BCUT2D eigenvalue weighted by Gasteiger charge is -2.24. The highest BCUT2D eigenvalue weighted by Gasteiger charge is 2.48. The van der Waals surface area contributed by atoms with Gasteiger partial charge in [0.2, 0.25) is 5.69 Å². The third-order valence-corrected chi connectivity index (χ3v) is 30.9. The quantitative estimate of drug-likeness (QED) is 0.0788. The molecule has 7 aliphatic rings. The van der Waals surface area contributed by atoms with Crippen LogP contribution in [0.15, 0.2) is 116 Å². The van der Waals surface area contributed by atoms with Gasteiger partial charge in [0.25, 0.3) is 11.4 Å². The van der Waals surface area contributed by atoms with Crippen molar-refractivity contribution in [2.24, 2.45) is 8.73 Å². The molecule has 0 bridgehead atoms. The Kier molecular flexibility index (Phi) is 14.7. The van der Waals surface area contributed by atoms with Crippen LogP contribution < -0.4 is 9.47 Å². The molecule has 0 amide bonds. The van der Waals surface area contributed by atoms with E-state index in [1.807, 2.05) is 42.5 Å². The summed E-state index contributed by atoms with van der Waals surface area (Å²) >= 11 is 12.3. The molecule has 8 heterocycles. The van der Waals surface area contributed by atoms with Gasteiger partial charge in [-0.3, -0.25) is 9.59 Å². The van der Waals surface area contributed by atoms with E-state index in [4.69, 9.17) is 46.7 Å². The number of aromatic nitrogens is 2. The monoisotopic (exact) mass is 1570 g/mol. The molecule has 0 radical (unpaired) electrons. The Balaban J connectivity index is 0.634. The molecule has 5 aromatic carbocycles. The Morgan fingerprint density at radius 1 is 0.427 bits per heavy atom. The first-order chi connectivity index (χ1) is 52.9. The van der Waals surface area contributed by atoms with Gasteiger partial charge >= 0.3 is 0 Å². The van der Waals surface area contributed by atoms with Crippen LogP contribution in [0.5, 0.6) is 11.5 Å². The summed E-state index contributed by atoms with van der Waals surface area (Å²) in [6, 6.07) is 38.1. The molecule has 7 aromatic heterocycles. The number of ketones is 2. The summed E-state index contributed by atoms with van der Waals surface area (Å²) in [7, 11) is 3.23. The summed E-state index contributed by atoms with van der Waals surface area (Å²) in [5, 5.41) is 49.7. The highest BCUT2D eigenvalue weighted by Crippen LogP contribution is 2.66. The van der Waals surface area contributed by atoms with E-state index in [9.17, 15) is 35.9 Å². The number of ether oxygens (including phenoxy) is 2. The molecule has 0 N–H and O–H groups in total. The molecule has 110 heavy (non-hydrogen) atoms. The largest absolute Gasteiger partial charge is 0.495 e. The summed E-state index contributed by atoms with van der Waals surface area (Å²) in [6.07, 6.45) is 3.35. The number of nitriles is 5. The maximum absolute atomic E-state index is 14.2. The summed E-state index contributed by atoms with van der Waals surface area (Å²) in [4.78, 5) is 50.8. The normalized spacial score (nSPS) is 17.2. The maximum atomic E-state index is 14.2. The fourth-order valence-corrected chi connectivity index (χ4v) is 26.0. The number of benzene rings is 5. The van der Waals surface area contributed by atoms with E-state index in [-0.39, 0.29) is 100.0 Å². The van der Waals surface area contributed by atoms with Crippen molar-refractivity contribution in [2.45, 2.75) is 77.0 Å². The number of methoxy groups -OCH3 is 2. The molecule has 0 fully saturated rings. The van der Waals surface area contributed by atoms with Crippen molar-refractivity contribution >= 4 is 154 Å². The van der Waals surface area contributed by atoms with Crippen molar-refractivity contribution in [3.8, 4) is 124 Å². The first-order valence-corrected chi connectivity index (χ1v) is 40.5. The minimum Gasteiger partial charge on any atom is -0.495 e. The van der Waals surface area contributed by atoms with Crippen molar-refractivity contribution in [1.82, 2.24) is 8.75 Å². The zero-order chi connectivity index (χ0) is 76.6. The predicted octanol–water partition coefficient (Wildman–Crippen LogP) is 23.7. The van der Waals surface area contributed by atoms with Gasteiger partial charge in [-0.2, -0.15) is 33.3 Å². The second-order valence-electron chi connectivity index (χ2n) is 29.5. The number of hydrogen-bond acceptors (Lipinski definition) is 20. The molecular weight excluding hydrogens is 1520 g/mol. The number of carbonyl (C=O) groups excluding carboxylic acids is 2. The van der Waals surface area contributed by atoms with E-state index < -0.39 is 11.6 Å². The Labute approximate surface area is 661 Å². The van der Waals surface area contributed by atoms with Gasteiger partial charge in [-0.05, 0) is 175 Å². The van der Waals surface area contributed by atoms with Gasteiger partial charge in [0, 0.05) is 115 Å². The molecule has 0 saturated heterocycles. The van der Waals surface area contributed by atoms with Gasteiger partial charge in [-0.25, -0.2) is 25.1 Å².